The zero-order valence-electron chi connectivity index (χ0n) is 17.5. The lowest BCUT2D eigenvalue weighted by Gasteiger charge is -2.36. The van der Waals surface area contributed by atoms with Crippen LogP contribution in [0.4, 0.5) is 10.1 Å². The molecule has 5 rings (SSSR count). The highest BCUT2D eigenvalue weighted by Crippen LogP contribution is 2.35. The Morgan fingerprint density at radius 3 is 2.56 bits per heavy atom. The molecule has 0 spiro atoms. The van der Waals surface area contributed by atoms with Gasteiger partial charge in [0.25, 0.3) is 5.56 Å². The number of aromatic nitrogens is 1. The first-order valence-corrected chi connectivity index (χ1v) is 11.3. The van der Waals surface area contributed by atoms with Crippen molar-refractivity contribution in [3.63, 3.8) is 0 Å². The van der Waals surface area contributed by atoms with Gasteiger partial charge in [0.05, 0.1) is 12.1 Å². The predicted molar refractivity (Wildman–Crippen MR) is 126 cm³/mol. The second-order valence-electron chi connectivity index (χ2n) is 8.27. The Morgan fingerprint density at radius 2 is 1.81 bits per heavy atom. The molecule has 1 fully saturated rings. The van der Waals surface area contributed by atoms with Crippen LogP contribution in [0, 0.1) is 5.82 Å². The van der Waals surface area contributed by atoms with Gasteiger partial charge in [0, 0.05) is 28.7 Å². The van der Waals surface area contributed by atoms with Crippen molar-refractivity contribution >= 4 is 33.9 Å². The number of pyridine rings is 1. The van der Waals surface area contributed by atoms with Gasteiger partial charge in [0.2, 0.25) is 6.79 Å². The quantitative estimate of drug-likeness (QED) is 0.546. The Bertz CT molecular complexity index is 1210. The first-order valence-electron chi connectivity index (χ1n) is 10.9. The van der Waals surface area contributed by atoms with Gasteiger partial charge in [-0.25, -0.2) is 4.39 Å². The van der Waals surface area contributed by atoms with E-state index in [-0.39, 0.29) is 24.2 Å². The summed E-state index contributed by atoms with van der Waals surface area (Å²) in [6, 6.07) is 11.9. The molecule has 2 aliphatic rings. The van der Waals surface area contributed by atoms with Gasteiger partial charge in [-0.15, -0.1) is 0 Å². The molecule has 3 aromatic rings. The average Bonchev–Trinajstić information content (AvgIpc) is 3.25. The number of hydrogen-bond donors (Lipinski definition) is 2. The molecule has 2 heterocycles. The molecule has 1 saturated carbocycles. The van der Waals surface area contributed by atoms with E-state index in [1.807, 2.05) is 12.1 Å². The molecule has 8 heteroatoms. The summed E-state index contributed by atoms with van der Waals surface area (Å²) in [5.74, 6) is 1.01. The highest BCUT2D eigenvalue weighted by Gasteiger charge is 2.25. The molecule has 32 heavy (non-hydrogen) atoms. The lowest BCUT2D eigenvalue weighted by atomic mass is 9.94. The average molecular weight is 454 g/mol. The van der Waals surface area contributed by atoms with Gasteiger partial charge < -0.3 is 24.7 Å². The highest BCUT2D eigenvalue weighted by molar-refractivity contribution is 7.80. The van der Waals surface area contributed by atoms with Gasteiger partial charge in [0.1, 0.15) is 5.82 Å². The zero-order chi connectivity index (χ0) is 22.1. The fraction of sp³-hybridized carbons (Fsp3) is 0.333. The topological polar surface area (TPSA) is 66.6 Å². The fourth-order valence-corrected chi connectivity index (χ4v) is 4.76. The smallest absolute Gasteiger partial charge is 0.253 e. The van der Waals surface area contributed by atoms with Crippen LogP contribution in [0.15, 0.2) is 47.3 Å². The summed E-state index contributed by atoms with van der Waals surface area (Å²) in [6.45, 7) is 0.568. The van der Waals surface area contributed by atoms with Gasteiger partial charge in [0.15, 0.2) is 16.6 Å². The number of halogens is 1. The van der Waals surface area contributed by atoms with Crippen LogP contribution in [0.3, 0.4) is 0 Å². The van der Waals surface area contributed by atoms with Crippen LogP contribution in [-0.4, -0.2) is 27.8 Å². The maximum atomic E-state index is 13.3. The van der Waals surface area contributed by atoms with E-state index in [1.54, 1.807) is 18.2 Å². The molecule has 1 aliphatic heterocycles. The SMILES string of the molecule is O=c1[nH]c2cc3c(cc2cc1CN(C(=S)Nc1ccc(F)cc1)C1CCCCC1)OCO3. The number of anilines is 1. The molecular formula is C24H24FN3O3S. The number of rotatable bonds is 4. The van der Waals surface area contributed by atoms with Crippen molar-refractivity contribution in [3.8, 4) is 11.5 Å². The van der Waals surface area contributed by atoms with E-state index < -0.39 is 0 Å². The maximum Gasteiger partial charge on any atom is 0.253 e. The first kappa shape index (κ1) is 20.8. The van der Waals surface area contributed by atoms with Crippen molar-refractivity contribution in [2.24, 2.45) is 0 Å². The maximum absolute atomic E-state index is 13.3. The van der Waals surface area contributed by atoms with Crippen molar-refractivity contribution in [1.82, 2.24) is 9.88 Å². The van der Waals surface area contributed by atoms with Crippen LogP contribution >= 0.6 is 12.2 Å². The minimum absolute atomic E-state index is 0.151. The van der Waals surface area contributed by atoms with Crippen LogP contribution in [0.2, 0.25) is 0 Å². The molecule has 2 aromatic carbocycles. The summed E-state index contributed by atoms with van der Waals surface area (Å²) in [4.78, 5) is 18.0. The van der Waals surface area contributed by atoms with Gasteiger partial charge in [-0.3, -0.25) is 4.79 Å². The Morgan fingerprint density at radius 1 is 1.09 bits per heavy atom. The summed E-state index contributed by atoms with van der Waals surface area (Å²) in [5.41, 5.74) is 1.91. The zero-order valence-corrected chi connectivity index (χ0v) is 18.3. The second-order valence-corrected chi connectivity index (χ2v) is 8.66. The molecule has 166 valence electrons. The van der Waals surface area contributed by atoms with E-state index in [1.165, 1.54) is 18.6 Å². The van der Waals surface area contributed by atoms with Gasteiger partial charge >= 0.3 is 0 Å². The lowest BCUT2D eigenvalue weighted by molar-refractivity contribution is 0.174. The largest absolute Gasteiger partial charge is 0.454 e. The summed E-state index contributed by atoms with van der Waals surface area (Å²) >= 11 is 5.75. The molecule has 0 amide bonds. The first-order chi connectivity index (χ1) is 15.6. The number of nitrogens with zero attached hydrogens (tertiary/aromatic N) is 1. The van der Waals surface area contributed by atoms with Crippen molar-refractivity contribution in [2.45, 2.75) is 44.7 Å². The van der Waals surface area contributed by atoms with E-state index in [0.29, 0.717) is 34.2 Å². The molecule has 1 aliphatic carbocycles. The van der Waals surface area contributed by atoms with Crippen molar-refractivity contribution in [3.05, 3.63) is 64.2 Å². The molecule has 0 radical (unpaired) electrons. The minimum Gasteiger partial charge on any atom is -0.454 e. The number of hydrogen-bond acceptors (Lipinski definition) is 4. The van der Waals surface area contributed by atoms with Crippen molar-refractivity contribution < 1.29 is 13.9 Å². The fourth-order valence-electron chi connectivity index (χ4n) is 4.43. The Labute approximate surface area is 190 Å². The van der Waals surface area contributed by atoms with E-state index in [0.717, 1.165) is 36.8 Å². The van der Waals surface area contributed by atoms with E-state index >= 15 is 0 Å². The van der Waals surface area contributed by atoms with E-state index in [2.05, 4.69) is 15.2 Å². The van der Waals surface area contributed by atoms with Crippen LogP contribution in [-0.2, 0) is 6.54 Å². The minimum atomic E-state index is -0.297. The standard InChI is InChI=1S/C24H24FN3O3S/c25-17-6-8-18(9-7-17)26-24(32)28(19-4-2-1-3-5-19)13-16-10-15-11-21-22(31-14-30-21)12-20(15)27-23(16)29/h6-12,19H,1-5,13-14H2,(H,26,32)(H,27,29). The van der Waals surface area contributed by atoms with Crippen LogP contribution in [0.5, 0.6) is 11.5 Å². The van der Waals surface area contributed by atoms with Crippen LogP contribution in [0.25, 0.3) is 10.9 Å². The van der Waals surface area contributed by atoms with Gasteiger partial charge in [-0.05, 0) is 61.5 Å². The number of H-pyrrole nitrogens is 1. The molecule has 0 bridgehead atoms. The summed E-state index contributed by atoms with van der Waals surface area (Å²) in [5, 5.41) is 4.63. The summed E-state index contributed by atoms with van der Waals surface area (Å²) < 4.78 is 24.2. The number of thiocarbonyl (C=S) groups is 1. The molecule has 0 unspecified atom stereocenters. The number of benzene rings is 2. The third-order valence-electron chi connectivity index (χ3n) is 6.13. The van der Waals surface area contributed by atoms with Gasteiger partial charge in [-0.1, -0.05) is 19.3 Å². The second kappa shape index (κ2) is 8.78. The number of fused-ring (bicyclic) bond motifs is 2. The van der Waals surface area contributed by atoms with Crippen LogP contribution < -0.4 is 20.3 Å². The summed E-state index contributed by atoms with van der Waals surface area (Å²) in [6.07, 6.45) is 5.53. The monoisotopic (exact) mass is 453 g/mol. The predicted octanol–water partition coefficient (Wildman–Crippen LogP) is 4.93. The van der Waals surface area contributed by atoms with Gasteiger partial charge in [-0.2, -0.15) is 0 Å². The number of aromatic amines is 1. The molecule has 2 N–H and O–H groups in total. The van der Waals surface area contributed by atoms with Crippen molar-refractivity contribution in [1.29, 1.82) is 0 Å². The molecule has 0 saturated heterocycles. The summed E-state index contributed by atoms with van der Waals surface area (Å²) in [7, 11) is 0. The Balaban J connectivity index is 1.44. The normalized spacial score (nSPS) is 15.7. The third kappa shape index (κ3) is 4.27. The lowest BCUT2D eigenvalue weighted by Crippen LogP contribution is -2.44. The van der Waals surface area contributed by atoms with Crippen molar-refractivity contribution in [2.75, 3.05) is 12.1 Å². The number of nitrogens with one attached hydrogen (secondary N) is 2. The Kier molecular flexibility index (Phi) is 5.70. The van der Waals surface area contributed by atoms with E-state index in [4.69, 9.17) is 21.7 Å². The third-order valence-corrected chi connectivity index (χ3v) is 6.46. The van der Waals surface area contributed by atoms with E-state index in [9.17, 15) is 9.18 Å². The molecule has 6 nitrogen and oxygen atoms in total. The highest BCUT2D eigenvalue weighted by atomic mass is 32.1. The molecular weight excluding hydrogens is 429 g/mol. The Hall–Kier alpha value is -3.13. The number of ether oxygens (including phenoxy) is 2. The molecule has 1 aromatic heterocycles. The molecule has 0 atom stereocenters. The van der Waals surface area contributed by atoms with Crippen LogP contribution in [0.1, 0.15) is 37.7 Å².